The maximum atomic E-state index is 13.6. The Kier molecular flexibility index (Phi) is 5.05. The van der Waals surface area contributed by atoms with Crippen LogP contribution < -0.4 is 5.32 Å². The number of halogens is 1. The molecule has 1 aromatic heterocycles. The Bertz CT molecular complexity index is 537. The van der Waals surface area contributed by atoms with Crippen molar-refractivity contribution in [3.8, 4) is 0 Å². The van der Waals surface area contributed by atoms with Crippen LogP contribution in [0.2, 0.25) is 0 Å². The van der Waals surface area contributed by atoms with Crippen LogP contribution in [0.4, 0.5) is 4.39 Å². The maximum Gasteiger partial charge on any atom is 0.126 e. The molecule has 2 rings (SSSR count). The van der Waals surface area contributed by atoms with Gasteiger partial charge in [-0.3, -0.25) is 0 Å². The van der Waals surface area contributed by atoms with Crippen molar-refractivity contribution in [3.63, 3.8) is 0 Å². The zero-order valence-corrected chi connectivity index (χ0v) is 12.2. The first kappa shape index (κ1) is 14.2. The van der Waals surface area contributed by atoms with Crippen LogP contribution in [0.3, 0.4) is 0 Å². The standard InChI is InChI=1S/C15H19FN2S/c1-3-13-14(10-17-4-2)19-15(18-13)9-11-7-5-6-8-12(11)16/h5-8,17H,3-4,9-10H2,1-2H3. The molecule has 0 aliphatic carbocycles. The van der Waals surface area contributed by atoms with E-state index in [-0.39, 0.29) is 5.82 Å². The normalized spacial score (nSPS) is 10.9. The minimum atomic E-state index is -0.149. The smallest absolute Gasteiger partial charge is 0.126 e. The van der Waals surface area contributed by atoms with Gasteiger partial charge in [0.1, 0.15) is 5.82 Å². The summed E-state index contributed by atoms with van der Waals surface area (Å²) in [6.07, 6.45) is 1.50. The Morgan fingerprint density at radius 3 is 2.74 bits per heavy atom. The van der Waals surface area contributed by atoms with Gasteiger partial charge in [0.15, 0.2) is 0 Å². The largest absolute Gasteiger partial charge is 0.312 e. The third-order valence-corrected chi connectivity index (χ3v) is 4.09. The van der Waals surface area contributed by atoms with Crippen molar-refractivity contribution >= 4 is 11.3 Å². The van der Waals surface area contributed by atoms with Crippen molar-refractivity contribution in [2.45, 2.75) is 33.2 Å². The van der Waals surface area contributed by atoms with E-state index in [0.29, 0.717) is 12.0 Å². The number of nitrogens with one attached hydrogen (secondary N) is 1. The molecule has 0 spiro atoms. The summed E-state index contributed by atoms with van der Waals surface area (Å²) in [7, 11) is 0. The van der Waals surface area contributed by atoms with Crippen molar-refractivity contribution in [2.75, 3.05) is 6.54 Å². The molecule has 0 aliphatic heterocycles. The Labute approximate surface area is 117 Å². The van der Waals surface area contributed by atoms with Gasteiger partial charge in [-0.05, 0) is 24.6 Å². The van der Waals surface area contributed by atoms with Gasteiger partial charge in [0, 0.05) is 17.8 Å². The van der Waals surface area contributed by atoms with Gasteiger partial charge in [-0.25, -0.2) is 9.37 Å². The number of hydrogen-bond acceptors (Lipinski definition) is 3. The third kappa shape index (κ3) is 3.61. The van der Waals surface area contributed by atoms with E-state index in [4.69, 9.17) is 0 Å². The van der Waals surface area contributed by atoms with Crippen molar-refractivity contribution < 1.29 is 4.39 Å². The monoisotopic (exact) mass is 278 g/mol. The lowest BCUT2D eigenvalue weighted by Gasteiger charge is -1.99. The highest BCUT2D eigenvalue weighted by atomic mass is 32.1. The molecular weight excluding hydrogens is 259 g/mol. The molecule has 19 heavy (non-hydrogen) atoms. The van der Waals surface area contributed by atoms with Crippen molar-refractivity contribution in [1.29, 1.82) is 0 Å². The average Bonchev–Trinajstić information content (AvgIpc) is 2.81. The Hall–Kier alpha value is -1.26. The van der Waals surface area contributed by atoms with Crippen LogP contribution >= 0.6 is 11.3 Å². The predicted octanol–water partition coefficient (Wildman–Crippen LogP) is 3.54. The lowest BCUT2D eigenvalue weighted by molar-refractivity contribution is 0.613. The summed E-state index contributed by atoms with van der Waals surface area (Å²) in [5, 5.41) is 4.32. The lowest BCUT2D eigenvalue weighted by Crippen LogP contribution is -2.11. The van der Waals surface area contributed by atoms with E-state index >= 15 is 0 Å². The van der Waals surface area contributed by atoms with E-state index in [1.165, 1.54) is 10.9 Å². The van der Waals surface area contributed by atoms with E-state index in [1.807, 2.05) is 12.1 Å². The summed E-state index contributed by atoms with van der Waals surface area (Å²) in [6, 6.07) is 6.91. The number of aromatic nitrogens is 1. The van der Waals surface area contributed by atoms with Gasteiger partial charge < -0.3 is 5.32 Å². The summed E-state index contributed by atoms with van der Waals surface area (Å²) in [5.41, 5.74) is 1.85. The summed E-state index contributed by atoms with van der Waals surface area (Å²) in [5.74, 6) is -0.149. The Morgan fingerprint density at radius 2 is 2.05 bits per heavy atom. The average molecular weight is 278 g/mol. The van der Waals surface area contributed by atoms with Gasteiger partial charge in [-0.2, -0.15) is 0 Å². The van der Waals surface area contributed by atoms with Crippen molar-refractivity contribution in [3.05, 3.63) is 51.2 Å². The van der Waals surface area contributed by atoms with Crippen molar-refractivity contribution in [2.24, 2.45) is 0 Å². The molecule has 1 heterocycles. The highest BCUT2D eigenvalue weighted by Crippen LogP contribution is 2.22. The molecule has 1 aromatic carbocycles. The Morgan fingerprint density at radius 1 is 1.26 bits per heavy atom. The first-order valence-electron chi connectivity index (χ1n) is 6.66. The number of rotatable bonds is 6. The lowest BCUT2D eigenvalue weighted by atomic mass is 10.1. The molecule has 102 valence electrons. The highest BCUT2D eigenvalue weighted by molar-refractivity contribution is 7.11. The second kappa shape index (κ2) is 6.78. The number of aryl methyl sites for hydroxylation is 1. The predicted molar refractivity (Wildman–Crippen MR) is 78.1 cm³/mol. The fraction of sp³-hybridized carbons (Fsp3) is 0.400. The molecule has 1 N–H and O–H groups in total. The minimum absolute atomic E-state index is 0.149. The fourth-order valence-corrected chi connectivity index (χ4v) is 3.12. The minimum Gasteiger partial charge on any atom is -0.312 e. The number of thiazole rings is 1. The second-order valence-electron chi connectivity index (χ2n) is 4.38. The third-order valence-electron chi connectivity index (χ3n) is 2.99. The van der Waals surface area contributed by atoms with Crippen LogP contribution in [0.25, 0.3) is 0 Å². The molecule has 0 fully saturated rings. The molecule has 2 aromatic rings. The Balaban J connectivity index is 2.17. The van der Waals surface area contributed by atoms with E-state index in [0.717, 1.165) is 30.2 Å². The fourth-order valence-electron chi connectivity index (χ4n) is 1.97. The van der Waals surface area contributed by atoms with Crippen LogP contribution in [0.1, 0.15) is 35.0 Å². The van der Waals surface area contributed by atoms with Gasteiger partial charge in [0.25, 0.3) is 0 Å². The zero-order chi connectivity index (χ0) is 13.7. The zero-order valence-electron chi connectivity index (χ0n) is 11.4. The summed E-state index contributed by atoms with van der Waals surface area (Å²) in [4.78, 5) is 5.90. The first-order chi connectivity index (χ1) is 9.24. The molecule has 2 nitrogen and oxygen atoms in total. The van der Waals surface area contributed by atoms with Gasteiger partial charge in [0.05, 0.1) is 10.7 Å². The molecule has 0 atom stereocenters. The van der Waals surface area contributed by atoms with Crippen LogP contribution in [0, 0.1) is 5.82 Å². The number of hydrogen-bond donors (Lipinski definition) is 1. The van der Waals surface area contributed by atoms with Crippen LogP contribution in [-0.2, 0) is 19.4 Å². The van der Waals surface area contributed by atoms with E-state index in [1.54, 1.807) is 17.4 Å². The van der Waals surface area contributed by atoms with Gasteiger partial charge in [-0.1, -0.05) is 32.0 Å². The summed E-state index contributed by atoms with van der Waals surface area (Å²) in [6.45, 7) is 6.00. The maximum absolute atomic E-state index is 13.6. The van der Waals surface area contributed by atoms with Crippen LogP contribution in [0.15, 0.2) is 24.3 Å². The summed E-state index contributed by atoms with van der Waals surface area (Å²) < 4.78 is 13.6. The number of benzene rings is 1. The molecule has 0 aliphatic rings. The SMILES string of the molecule is CCNCc1sc(Cc2ccccc2F)nc1CC. The molecular formula is C15H19FN2S. The molecule has 0 unspecified atom stereocenters. The molecule has 4 heteroatoms. The second-order valence-corrected chi connectivity index (χ2v) is 5.55. The quantitative estimate of drug-likeness (QED) is 0.874. The van der Waals surface area contributed by atoms with E-state index in [9.17, 15) is 4.39 Å². The molecule has 0 saturated carbocycles. The molecule has 0 radical (unpaired) electrons. The summed E-state index contributed by atoms with van der Waals surface area (Å²) >= 11 is 1.69. The number of nitrogens with zero attached hydrogens (tertiary/aromatic N) is 1. The van der Waals surface area contributed by atoms with Crippen LogP contribution in [-0.4, -0.2) is 11.5 Å². The van der Waals surface area contributed by atoms with E-state index in [2.05, 4.69) is 24.1 Å². The first-order valence-corrected chi connectivity index (χ1v) is 7.47. The molecule has 0 amide bonds. The van der Waals surface area contributed by atoms with Crippen molar-refractivity contribution in [1.82, 2.24) is 10.3 Å². The highest BCUT2D eigenvalue weighted by Gasteiger charge is 2.11. The topological polar surface area (TPSA) is 24.9 Å². The van der Waals surface area contributed by atoms with Gasteiger partial charge in [-0.15, -0.1) is 11.3 Å². The van der Waals surface area contributed by atoms with E-state index < -0.39 is 0 Å². The van der Waals surface area contributed by atoms with Gasteiger partial charge in [0.2, 0.25) is 0 Å². The molecule has 0 bridgehead atoms. The van der Waals surface area contributed by atoms with Gasteiger partial charge >= 0.3 is 0 Å². The van der Waals surface area contributed by atoms with Crippen LogP contribution in [0.5, 0.6) is 0 Å². The molecule has 0 saturated heterocycles.